The highest BCUT2D eigenvalue weighted by atomic mass is 35.5. The fourth-order valence-electron chi connectivity index (χ4n) is 4.96. The summed E-state index contributed by atoms with van der Waals surface area (Å²) in [5.41, 5.74) is 3.14. The van der Waals surface area contributed by atoms with E-state index in [4.69, 9.17) is 16.9 Å². The predicted molar refractivity (Wildman–Crippen MR) is 165 cm³/mol. The van der Waals surface area contributed by atoms with Gasteiger partial charge in [-0.3, -0.25) is 14.3 Å². The molecule has 8 nitrogen and oxygen atoms in total. The Balaban J connectivity index is 1.64. The molecule has 220 valence electrons. The fourth-order valence-corrected chi connectivity index (χ4v) is 6.46. The summed E-state index contributed by atoms with van der Waals surface area (Å²) in [6, 6.07) is 21.4. The van der Waals surface area contributed by atoms with Crippen molar-refractivity contribution in [2.24, 2.45) is 0 Å². The van der Waals surface area contributed by atoms with Crippen LogP contribution in [0.5, 0.6) is 0 Å². The number of nitrogens with zero attached hydrogens (tertiary/aromatic N) is 2. The average Bonchev–Trinajstić information content (AvgIpc) is 3.27. The van der Waals surface area contributed by atoms with E-state index in [1.165, 1.54) is 0 Å². The zero-order valence-electron chi connectivity index (χ0n) is 23.6. The van der Waals surface area contributed by atoms with Crippen LogP contribution in [0.4, 0.5) is 5.69 Å². The summed E-state index contributed by atoms with van der Waals surface area (Å²) < 4.78 is 30.0. The lowest BCUT2D eigenvalue weighted by Gasteiger charge is -2.28. The van der Waals surface area contributed by atoms with Crippen LogP contribution >= 0.6 is 11.6 Å². The van der Waals surface area contributed by atoms with E-state index in [1.54, 1.807) is 77.7 Å². The number of nitriles is 1. The number of hydrogen-bond acceptors (Lipinski definition) is 5. The third-order valence-corrected chi connectivity index (χ3v) is 9.27. The Morgan fingerprint density at radius 2 is 1.45 bits per heavy atom. The molecular formula is C32H35ClN4O4S. The number of sulfonamides is 1. The van der Waals surface area contributed by atoms with Gasteiger partial charge in [0, 0.05) is 30.2 Å². The Hall–Kier alpha value is -3.87. The molecule has 1 saturated heterocycles. The van der Waals surface area contributed by atoms with E-state index in [2.05, 4.69) is 16.1 Å². The van der Waals surface area contributed by atoms with Gasteiger partial charge in [0.2, 0.25) is 21.8 Å². The number of rotatable bonds is 10. The Kier molecular flexibility index (Phi) is 10.6. The molecule has 3 aromatic carbocycles. The zero-order chi connectivity index (χ0) is 30.1. The Bertz CT molecular complexity index is 1510. The molecule has 0 saturated carbocycles. The number of nitrogens with one attached hydrogen (secondary N) is 2. The van der Waals surface area contributed by atoms with Crippen LogP contribution in [0.1, 0.15) is 47.9 Å². The molecule has 0 radical (unpaired) electrons. The second-order valence-corrected chi connectivity index (χ2v) is 12.9. The van der Waals surface area contributed by atoms with Gasteiger partial charge < -0.3 is 10.2 Å². The van der Waals surface area contributed by atoms with Crippen LogP contribution in [0.3, 0.4) is 0 Å². The van der Waals surface area contributed by atoms with E-state index in [-0.39, 0.29) is 18.7 Å². The van der Waals surface area contributed by atoms with Crippen molar-refractivity contribution in [1.82, 2.24) is 10.2 Å². The van der Waals surface area contributed by atoms with Gasteiger partial charge >= 0.3 is 0 Å². The van der Waals surface area contributed by atoms with Crippen molar-refractivity contribution in [2.45, 2.75) is 56.7 Å². The quantitative estimate of drug-likeness (QED) is 0.336. The molecule has 1 heterocycles. The molecule has 2 atom stereocenters. The molecular weight excluding hydrogens is 572 g/mol. The van der Waals surface area contributed by atoms with Crippen LogP contribution in [0.15, 0.2) is 72.8 Å². The fraction of sp³-hybridized carbons (Fsp3) is 0.344. The summed E-state index contributed by atoms with van der Waals surface area (Å²) in [6.45, 7) is 3.06. The highest BCUT2D eigenvalue weighted by Crippen LogP contribution is 2.20. The average molecular weight is 607 g/mol. The number of benzene rings is 3. The molecule has 0 aromatic heterocycles. The van der Waals surface area contributed by atoms with E-state index >= 15 is 0 Å². The summed E-state index contributed by atoms with van der Waals surface area (Å²) in [6.07, 6.45) is 3.84. The molecule has 2 N–H and O–H groups in total. The smallest absolute Gasteiger partial charge is 0.245 e. The number of likely N-dealkylation sites (tertiary alicyclic amines) is 1. The van der Waals surface area contributed by atoms with E-state index in [0.29, 0.717) is 34.9 Å². The third kappa shape index (κ3) is 8.57. The van der Waals surface area contributed by atoms with Crippen molar-refractivity contribution >= 4 is 39.1 Å². The van der Waals surface area contributed by atoms with Gasteiger partial charge in [0.15, 0.2) is 5.25 Å². The van der Waals surface area contributed by atoms with Gasteiger partial charge in [0.05, 0.1) is 11.6 Å². The third-order valence-electron chi connectivity index (χ3n) is 7.37. The Morgan fingerprint density at radius 3 is 2.05 bits per heavy atom. The number of amides is 2. The van der Waals surface area contributed by atoms with Crippen molar-refractivity contribution in [2.75, 3.05) is 17.8 Å². The van der Waals surface area contributed by atoms with Gasteiger partial charge in [0.25, 0.3) is 0 Å². The van der Waals surface area contributed by atoms with Gasteiger partial charge in [-0.05, 0) is 73.7 Å². The minimum atomic E-state index is -4.24. The molecule has 2 unspecified atom stereocenters. The van der Waals surface area contributed by atoms with Gasteiger partial charge in [0.1, 0.15) is 6.04 Å². The maximum Gasteiger partial charge on any atom is 0.245 e. The number of aryl methyl sites for hydroxylation is 1. The first-order valence-corrected chi connectivity index (χ1v) is 16.0. The van der Waals surface area contributed by atoms with Crippen LogP contribution < -0.4 is 10.0 Å². The number of hydrogen-bond donors (Lipinski definition) is 2. The summed E-state index contributed by atoms with van der Waals surface area (Å²) in [4.78, 5) is 29.4. The van der Waals surface area contributed by atoms with Crippen LogP contribution in [0.2, 0.25) is 5.02 Å². The number of anilines is 1. The lowest BCUT2D eigenvalue weighted by molar-refractivity contribution is -0.136. The lowest BCUT2D eigenvalue weighted by Crippen LogP contribution is -2.54. The summed E-state index contributed by atoms with van der Waals surface area (Å²) in [5, 5.41) is 10.9. The molecule has 42 heavy (non-hydrogen) atoms. The maximum absolute atomic E-state index is 13.9. The SMILES string of the molecule is Cc1ccc(NS(=O)(=O)C(Cc2ccc(Cl)cc2)C(=O)NC(Cc2ccc(C#N)cc2)C(=O)N2CCCCCC2)cc1. The second kappa shape index (κ2) is 14.3. The van der Waals surface area contributed by atoms with E-state index in [0.717, 1.165) is 36.8 Å². The zero-order valence-corrected chi connectivity index (χ0v) is 25.1. The highest BCUT2D eigenvalue weighted by molar-refractivity contribution is 7.94. The topological polar surface area (TPSA) is 119 Å². The van der Waals surface area contributed by atoms with Gasteiger partial charge in [-0.15, -0.1) is 0 Å². The van der Waals surface area contributed by atoms with Gasteiger partial charge in [-0.25, -0.2) is 8.42 Å². The van der Waals surface area contributed by atoms with Crippen LogP contribution in [-0.2, 0) is 32.5 Å². The van der Waals surface area contributed by atoms with Crippen LogP contribution in [-0.4, -0.2) is 49.5 Å². The Morgan fingerprint density at radius 1 is 0.881 bits per heavy atom. The molecule has 2 amide bonds. The molecule has 4 rings (SSSR count). The molecule has 10 heteroatoms. The predicted octanol–water partition coefficient (Wildman–Crippen LogP) is 5.00. The maximum atomic E-state index is 13.9. The number of halogens is 1. The highest BCUT2D eigenvalue weighted by Gasteiger charge is 2.36. The molecule has 1 aliphatic rings. The van der Waals surface area contributed by atoms with Crippen molar-refractivity contribution < 1.29 is 18.0 Å². The molecule has 1 aliphatic heterocycles. The minimum Gasteiger partial charge on any atom is -0.343 e. The lowest BCUT2D eigenvalue weighted by atomic mass is 10.0. The van der Waals surface area contributed by atoms with Crippen molar-refractivity contribution in [1.29, 1.82) is 5.26 Å². The molecule has 0 bridgehead atoms. The summed E-state index contributed by atoms with van der Waals surface area (Å²) in [5.74, 6) is -1.02. The first-order chi connectivity index (χ1) is 20.1. The summed E-state index contributed by atoms with van der Waals surface area (Å²) >= 11 is 6.04. The van der Waals surface area contributed by atoms with E-state index < -0.39 is 27.2 Å². The summed E-state index contributed by atoms with van der Waals surface area (Å²) in [7, 11) is -4.24. The number of carbonyl (C=O) groups is 2. The first-order valence-electron chi connectivity index (χ1n) is 14.1. The van der Waals surface area contributed by atoms with Crippen molar-refractivity contribution in [3.8, 4) is 6.07 Å². The largest absolute Gasteiger partial charge is 0.343 e. The molecule has 3 aromatic rings. The van der Waals surface area contributed by atoms with Crippen molar-refractivity contribution in [3.63, 3.8) is 0 Å². The Labute approximate surface area is 252 Å². The monoisotopic (exact) mass is 606 g/mol. The minimum absolute atomic E-state index is 0.119. The normalized spacial score (nSPS) is 15.1. The molecule has 0 spiro atoms. The standard InChI is InChI=1S/C32H35ClN4O4S/c1-23-6-16-28(17-7-23)36-42(40,41)30(21-25-12-14-27(33)15-13-25)31(38)35-29(20-24-8-10-26(22-34)11-9-24)32(39)37-18-4-2-3-5-19-37/h6-17,29-30,36H,2-5,18-21H2,1H3,(H,35,38). The van der Waals surface area contributed by atoms with Gasteiger partial charge in [-0.2, -0.15) is 5.26 Å². The van der Waals surface area contributed by atoms with Gasteiger partial charge in [-0.1, -0.05) is 66.4 Å². The van der Waals surface area contributed by atoms with Crippen LogP contribution in [0.25, 0.3) is 0 Å². The van der Waals surface area contributed by atoms with E-state index in [9.17, 15) is 18.0 Å². The van der Waals surface area contributed by atoms with Crippen molar-refractivity contribution in [3.05, 3.63) is 100 Å². The molecule has 0 aliphatic carbocycles. The molecule has 1 fully saturated rings. The first kappa shape index (κ1) is 31.1. The van der Waals surface area contributed by atoms with Crippen LogP contribution in [0, 0.1) is 18.3 Å². The second-order valence-electron chi connectivity index (χ2n) is 10.6. The number of carbonyl (C=O) groups excluding carboxylic acids is 2. The van der Waals surface area contributed by atoms with E-state index in [1.807, 2.05) is 6.92 Å².